The molecular formula is C20H15NO5S. The van der Waals surface area contributed by atoms with E-state index in [9.17, 15) is 14.7 Å². The summed E-state index contributed by atoms with van der Waals surface area (Å²) in [6.45, 7) is 0. The van der Waals surface area contributed by atoms with Crippen LogP contribution >= 0.6 is 11.3 Å². The molecule has 0 bridgehead atoms. The van der Waals surface area contributed by atoms with E-state index >= 15 is 0 Å². The largest absolute Gasteiger partial charge is 0.503 e. The number of nitrogens with zero attached hydrogens (tertiary/aromatic N) is 1. The van der Waals surface area contributed by atoms with Crippen LogP contribution in [-0.2, 0) is 4.79 Å². The molecular weight excluding hydrogens is 366 g/mol. The van der Waals surface area contributed by atoms with Crippen LogP contribution in [0.5, 0.6) is 5.75 Å². The third kappa shape index (κ3) is 2.72. The van der Waals surface area contributed by atoms with Gasteiger partial charge in [0.2, 0.25) is 5.78 Å². The average Bonchev–Trinajstić information content (AvgIpc) is 3.43. The normalized spacial score (nSPS) is 16.9. The van der Waals surface area contributed by atoms with E-state index in [-0.39, 0.29) is 11.3 Å². The summed E-state index contributed by atoms with van der Waals surface area (Å²) in [6, 6.07) is 12.9. The van der Waals surface area contributed by atoms with Crippen LogP contribution in [0, 0.1) is 0 Å². The number of hydrogen-bond acceptors (Lipinski definition) is 6. The summed E-state index contributed by atoms with van der Waals surface area (Å²) >= 11 is 1.39. The van der Waals surface area contributed by atoms with Crippen molar-refractivity contribution >= 4 is 28.7 Å². The van der Waals surface area contributed by atoms with E-state index in [0.717, 1.165) is 4.88 Å². The zero-order valence-electron chi connectivity index (χ0n) is 14.3. The first-order chi connectivity index (χ1) is 13.1. The fourth-order valence-corrected chi connectivity index (χ4v) is 3.99. The Morgan fingerprint density at radius 1 is 1.19 bits per heavy atom. The summed E-state index contributed by atoms with van der Waals surface area (Å²) in [6.07, 6.45) is 1.37. The Morgan fingerprint density at radius 2 is 2.00 bits per heavy atom. The third-order valence-corrected chi connectivity index (χ3v) is 5.28. The second-order valence-electron chi connectivity index (χ2n) is 5.83. The number of rotatable bonds is 5. The number of amides is 1. The van der Waals surface area contributed by atoms with Crippen LogP contribution < -0.4 is 9.64 Å². The van der Waals surface area contributed by atoms with Gasteiger partial charge in [-0.25, -0.2) is 0 Å². The lowest BCUT2D eigenvalue weighted by molar-refractivity contribution is -0.117. The monoisotopic (exact) mass is 381 g/mol. The van der Waals surface area contributed by atoms with Crippen molar-refractivity contribution in [3.63, 3.8) is 0 Å². The number of para-hydroxylation sites is 2. The Balaban J connectivity index is 1.89. The molecule has 3 aromatic rings. The average molecular weight is 381 g/mol. The summed E-state index contributed by atoms with van der Waals surface area (Å²) in [5.74, 6) is -1.24. The van der Waals surface area contributed by atoms with E-state index in [0.29, 0.717) is 11.4 Å². The quantitative estimate of drug-likeness (QED) is 0.672. The number of ketones is 1. The van der Waals surface area contributed by atoms with Crippen LogP contribution in [0.25, 0.3) is 0 Å². The van der Waals surface area contributed by atoms with Crippen LogP contribution in [0.3, 0.4) is 0 Å². The molecule has 0 saturated carbocycles. The number of aliphatic hydroxyl groups excluding tert-OH is 1. The summed E-state index contributed by atoms with van der Waals surface area (Å²) in [5, 5.41) is 12.4. The standard InChI is InChI=1S/C20H15NO5S/c1-25-13-7-3-2-6-12(13)21-17(15-9-5-11-27-15)16(19(23)20(21)24)18(22)14-8-4-10-26-14/h2-11,17,23H,1H3. The van der Waals surface area contributed by atoms with Gasteiger partial charge in [-0.1, -0.05) is 18.2 Å². The van der Waals surface area contributed by atoms with E-state index in [2.05, 4.69) is 0 Å². The first-order valence-corrected chi connectivity index (χ1v) is 9.02. The molecule has 0 radical (unpaired) electrons. The zero-order valence-corrected chi connectivity index (χ0v) is 15.1. The highest BCUT2D eigenvalue weighted by Gasteiger charge is 2.46. The minimum Gasteiger partial charge on any atom is -0.503 e. The first-order valence-electron chi connectivity index (χ1n) is 8.14. The molecule has 2 aromatic heterocycles. The summed E-state index contributed by atoms with van der Waals surface area (Å²) in [7, 11) is 1.50. The van der Waals surface area contributed by atoms with Gasteiger partial charge in [-0.3, -0.25) is 14.5 Å². The molecule has 27 heavy (non-hydrogen) atoms. The number of benzene rings is 1. The van der Waals surface area contributed by atoms with E-state index in [1.165, 1.54) is 35.7 Å². The molecule has 0 aliphatic carbocycles. The molecule has 1 N–H and O–H groups in total. The maximum Gasteiger partial charge on any atom is 0.294 e. The van der Waals surface area contributed by atoms with Gasteiger partial charge in [0.15, 0.2) is 11.5 Å². The molecule has 1 atom stereocenters. The number of hydrogen-bond donors (Lipinski definition) is 1. The maximum atomic E-state index is 13.0. The van der Waals surface area contributed by atoms with Crippen LogP contribution in [0.1, 0.15) is 21.5 Å². The van der Waals surface area contributed by atoms with Gasteiger partial charge in [-0.2, -0.15) is 0 Å². The Hall–Kier alpha value is -3.32. The number of Topliss-reactive ketones (excluding diaryl/α,β-unsaturated/α-hetero) is 1. The lowest BCUT2D eigenvalue weighted by Gasteiger charge is -2.26. The van der Waals surface area contributed by atoms with Gasteiger partial charge in [0.25, 0.3) is 5.91 Å². The summed E-state index contributed by atoms with van der Waals surface area (Å²) in [4.78, 5) is 28.1. The molecule has 7 heteroatoms. The van der Waals surface area contributed by atoms with E-state index in [4.69, 9.17) is 9.15 Å². The second kappa shape index (κ2) is 6.77. The van der Waals surface area contributed by atoms with Crippen LogP contribution in [0.4, 0.5) is 5.69 Å². The molecule has 1 aromatic carbocycles. The topological polar surface area (TPSA) is 80.0 Å². The van der Waals surface area contributed by atoms with E-state index < -0.39 is 23.5 Å². The Kier molecular flexibility index (Phi) is 4.29. The van der Waals surface area contributed by atoms with Crippen molar-refractivity contribution in [1.29, 1.82) is 0 Å². The molecule has 1 aliphatic rings. The number of anilines is 1. The number of ether oxygens (including phenoxy) is 1. The first kappa shape index (κ1) is 17.1. The molecule has 3 heterocycles. The Labute approximate surface area is 158 Å². The number of methoxy groups -OCH3 is 1. The molecule has 4 rings (SSSR count). The second-order valence-corrected chi connectivity index (χ2v) is 6.81. The molecule has 1 amide bonds. The van der Waals surface area contributed by atoms with Crippen molar-refractivity contribution in [2.75, 3.05) is 12.0 Å². The van der Waals surface area contributed by atoms with E-state index in [1.54, 1.807) is 30.3 Å². The summed E-state index contributed by atoms with van der Waals surface area (Å²) in [5.41, 5.74) is 0.459. The SMILES string of the molecule is COc1ccccc1N1C(=O)C(O)=C(C(=O)c2ccco2)C1c1cccs1. The predicted octanol–water partition coefficient (Wildman–Crippen LogP) is 4.13. The third-order valence-electron chi connectivity index (χ3n) is 4.36. The fraction of sp³-hybridized carbons (Fsp3) is 0.100. The van der Waals surface area contributed by atoms with Gasteiger partial charge in [-0.05, 0) is 35.7 Å². The highest BCUT2D eigenvalue weighted by atomic mass is 32.1. The number of aliphatic hydroxyl groups is 1. The number of thiophene rings is 1. The molecule has 0 spiro atoms. The summed E-state index contributed by atoms with van der Waals surface area (Å²) < 4.78 is 10.6. The minimum atomic E-state index is -0.772. The number of carbonyl (C=O) groups is 2. The highest BCUT2D eigenvalue weighted by molar-refractivity contribution is 7.10. The van der Waals surface area contributed by atoms with Gasteiger partial charge >= 0.3 is 0 Å². The van der Waals surface area contributed by atoms with Crippen molar-refractivity contribution in [2.24, 2.45) is 0 Å². The predicted molar refractivity (Wildman–Crippen MR) is 100 cm³/mol. The van der Waals surface area contributed by atoms with Crippen molar-refractivity contribution in [3.05, 3.63) is 82.1 Å². The lowest BCUT2D eigenvalue weighted by Crippen LogP contribution is -2.30. The van der Waals surface area contributed by atoms with Crippen molar-refractivity contribution in [3.8, 4) is 5.75 Å². The lowest BCUT2D eigenvalue weighted by atomic mass is 10.00. The van der Waals surface area contributed by atoms with Crippen LogP contribution in [-0.4, -0.2) is 23.9 Å². The Bertz CT molecular complexity index is 1020. The van der Waals surface area contributed by atoms with Crippen LogP contribution in [0.2, 0.25) is 0 Å². The van der Waals surface area contributed by atoms with Gasteiger partial charge in [0.05, 0.1) is 24.6 Å². The van der Waals surface area contributed by atoms with Gasteiger partial charge in [-0.15, -0.1) is 11.3 Å². The molecule has 1 aliphatic heterocycles. The van der Waals surface area contributed by atoms with Gasteiger partial charge in [0, 0.05) is 4.88 Å². The van der Waals surface area contributed by atoms with Gasteiger partial charge < -0.3 is 14.3 Å². The number of carbonyl (C=O) groups excluding carboxylic acids is 2. The molecule has 6 nitrogen and oxygen atoms in total. The van der Waals surface area contributed by atoms with Crippen molar-refractivity contribution in [2.45, 2.75) is 6.04 Å². The fourth-order valence-electron chi connectivity index (χ4n) is 3.17. The maximum absolute atomic E-state index is 13.0. The van der Waals surface area contributed by atoms with E-state index in [1.807, 2.05) is 17.5 Å². The molecule has 1 unspecified atom stereocenters. The smallest absolute Gasteiger partial charge is 0.294 e. The van der Waals surface area contributed by atoms with Gasteiger partial charge in [0.1, 0.15) is 11.8 Å². The highest BCUT2D eigenvalue weighted by Crippen LogP contribution is 2.45. The Morgan fingerprint density at radius 3 is 2.67 bits per heavy atom. The van der Waals surface area contributed by atoms with Crippen molar-refractivity contribution < 1.29 is 23.8 Å². The molecule has 136 valence electrons. The molecule has 0 saturated heterocycles. The zero-order chi connectivity index (χ0) is 19.0. The minimum absolute atomic E-state index is 0.0108. The van der Waals surface area contributed by atoms with Crippen molar-refractivity contribution in [1.82, 2.24) is 0 Å². The number of furan rings is 1. The molecule has 0 fully saturated rings. The van der Waals surface area contributed by atoms with Crippen LogP contribution in [0.15, 0.2) is 75.9 Å².